The van der Waals surface area contributed by atoms with Gasteiger partial charge in [0.2, 0.25) is 5.91 Å². The maximum atomic E-state index is 12.5. The molecule has 25 heavy (non-hydrogen) atoms. The Morgan fingerprint density at radius 3 is 2.48 bits per heavy atom. The van der Waals surface area contributed by atoms with Crippen molar-refractivity contribution in [1.82, 2.24) is 15.5 Å². The lowest BCUT2D eigenvalue weighted by Crippen LogP contribution is -2.46. The Morgan fingerprint density at radius 2 is 1.92 bits per heavy atom. The molecule has 1 aromatic carbocycles. The number of imide groups is 1. The van der Waals surface area contributed by atoms with Gasteiger partial charge in [0.05, 0.1) is 7.11 Å². The molecule has 1 fully saturated rings. The number of nitrogens with zero attached hydrogens (tertiary/aromatic N) is 1. The van der Waals surface area contributed by atoms with Gasteiger partial charge >= 0.3 is 6.03 Å². The summed E-state index contributed by atoms with van der Waals surface area (Å²) in [6.07, 6.45) is 0.529. The molecule has 4 amide bonds. The quantitative estimate of drug-likeness (QED) is 0.735. The second kappa shape index (κ2) is 7.55. The average Bonchev–Trinajstić information content (AvgIpc) is 2.75. The highest BCUT2D eigenvalue weighted by Crippen LogP contribution is 2.24. The predicted molar refractivity (Wildman–Crippen MR) is 92.9 cm³/mol. The van der Waals surface area contributed by atoms with Crippen LogP contribution in [0.4, 0.5) is 4.79 Å². The highest BCUT2D eigenvalue weighted by Gasteiger charge is 2.48. The van der Waals surface area contributed by atoms with Crippen molar-refractivity contribution < 1.29 is 19.1 Å². The third kappa shape index (κ3) is 4.49. The minimum atomic E-state index is -0.943. The van der Waals surface area contributed by atoms with E-state index >= 15 is 0 Å². The minimum Gasteiger partial charge on any atom is -0.497 e. The second-order valence-corrected chi connectivity index (χ2v) is 6.88. The molecule has 0 unspecified atom stereocenters. The molecular formula is C18H25N3O4. The number of ether oxygens (including phenoxy) is 1. The fraction of sp³-hybridized carbons (Fsp3) is 0.500. The molecule has 1 aromatic rings. The van der Waals surface area contributed by atoms with Gasteiger partial charge in [-0.25, -0.2) is 4.79 Å². The number of rotatable bonds is 7. The molecule has 1 aliphatic rings. The Hall–Kier alpha value is -2.57. The first kappa shape index (κ1) is 18.8. The van der Waals surface area contributed by atoms with Gasteiger partial charge in [0.15, 0.2) is 0 Å². The zero-order valence-corrected chi connectivity index (χ0v) is 15.1. The molecule has 1 saturated heterocycles. The minimum absolute atomic E-state index is 0.248. The van der Waals surface area contributed by atoms with Gasteiger partial charge in [-0.15, -0.1) is 0 Å². The third-order valence-corrected chi connectivity index (χ3v) is 4.11. The molecule has 1 atom stereocenters. The van der Waals surface area contributed by atoms with Crippen molar-refractivity contribution >= 4 is 17.8 Å². The van der Waals surface area contributed by atoms with E-state index in [1.165, 1.54) is 0 Å². The van der Waals surface area contributed by atoms with E-state index in [0.29, 0.717) is 13.0 Å². The standard InChI is InChI=1S/C18H25N3O4/c1-12(2)9-18(3)16(23)21(17(24)20-18)11-15(22)19-10-13-5-7-14(25-4)8-6-13/h5-8,12H,9-11H2,1-4H3,(H,19,22)(H,20,24)/t18-/m1/s1. The summed E-state index contributed by atoms with van der Waals surface area (Å²) >= 11 is 0. The van der Waals surface area contributed by atoms with Crippen molar-refractivity contribution in [3.8, 4) is 5.75 Å². The Morgan fingerprint density at radius 1 is 1.28 bits per heavy atom. The van der Waals surface area contributed by atoms with Gasteiger partial charge in [0, 0.05) is 6.54 Å². The first-order chi connectivity index (χ1) is 11.7. The van der Waals surface area contributed by atoms with E-state index in [0.717, 1.165) is 16.2 Å². The molecule has 0 radical (unpaired) electrons. The molecule has 0 spiro atoms. The Bertz CT molecular complexity index is 657. The van der Waals surface area contributed by atoms with Crippen LogP contribution in [-0.2, 0) is 16.1 Å². The molecule has 0 aliphatic carbocycles. The maximum Gasteiger partial charge on any atom is 0.325 e. The van der Waals surface area contributed by atoms with E-state index in [4.69, 9.17) is 4.74 Å². The van der Waals surface area contributed by atoms with Crippen LogP contribution in [0.15, 0.2) is 24.3 Å². The van der Waals surface area contributed by atoms with Crippen molar-refractivity contribution in [2.75, 3.05) is 13.7 Å². The molecule has 2 rings (SSSR count). The van der Waals surface area contributed by atoms with Gasteiger partial charge in [-0.3, -0.25) is 14.5 Å². The number of nitrogens with one attached hydrogen (secondary N) is 2. The van der Waals surface area contributed by atoms with Crippen LogP contribution in [0, 0.1) is 5.92 Å². The van der Waals surface area contributed by atoms with Gasteiger partial charge in [-0.05, 0) is 37.0 Å². The second-order valence-electron chi connectivity index (χ2n) is 6.88. The largest absolute Gasteiger partial charge is 0.497 e. The van der Waals surface area contributed by atoms with Gasteiger partial charge in [-0.1, -0.05) is 26.0 Å². The van der Waals surface area contributed by atoms with E-state index in [2.05, 4.69) is 10.6 Å². The maximum absolute atomic E-state index is 12.5. The number of carbonyl (C=O) groups is 3. The van der Waals surface area contributed by atoms with Crippen LogP contribution in [0.3, 0.4) is 0 Å². The molecule has 1 heterocycles. The fourth-order valence-electron chi connectivity index (χ4n) is 2.99. The number of methoxy groups -OCH3 is 1. The summed E-state index contributed by atoms with van der Waals surface area (Å²) in [5, 5.41) is 5.42. The molecule has 0 aromatic heterocycles. The molecule has 0 saturated carbocycles. The lowest BCUT2D eigenvalue weighted by molar-refractivity contribution is -0.135. The summed E-state index contributed by atoms with van der Waals surface area (Å²) in [5.74, 6) is 0.246. The number of hydrogen-bond acceptors (Lipinski definition) is 4. The van der Waals surface area contributed by atoms with Crippen molar-refractivity contribution in [3.63, 3.8) is 0 Å². The van der Waals surface area contributed by atoms with Crippen LogP contribution in [0.2, 0.25) is 0 Å². The molecule has 0 bridgehead atoms. The summed E-state index contributed by atoms with van der Waals surface area (Å²) in [6, 6.07) is 6.76. The summed E-state index contributed by atoms with van der Waals surface area (Å²) in [7, 11) is 1.59. The number of urea groups is 1. The van der Waals surface area contributed by atoms with Crippen molar-refractivity contribution in [1.29, 1.82) is 0 Å². The molecule has 7 nitrogen and oxygen atoms in total. The summed E-state index contributed by atoms with van der Waals surface area (Å²) in [4.78, 5) is 37.7. The van der Waals surface area contributed by atoms with E-state index in [-0.39, 0.29) is 24.3 Å². The summed E-state index contributed by atoms with van der Waals surface area (Å²) in [5.41, 5.74) is -0.0439. The molecule has 1 aliphatic heterocycles. The number of hydrogen-bond donors (Lipinski definition) is 2. The van der Waals surface area contributed by atoms with E-state index < -0.39 is 11.6 Å². The van der Waals surface area contributed by atoms with Crippen LogP contribution in [0.1, 0.15) is 32.8 Å². The Balaban J connectivity index is 1.91. The summed E-state index contributed by atoms with van der Waals surface area (Å²) < 4.78 is 5.08. The van der Waals surface area contributed by atoms with Crippen molar-refractivity contribution in [2.24, 2.45) is 5.92 Å². The lowest BCUT2D eigenvalue weighted by Gasteiger charge is -2.23. The van der Waals surface area contributed by atoms with Crippen molar-refractivity contribution in [2.45, 2.75) is 39.3 Å². The zero-order chi connectivity index (χ0) is 18.6. The van der Waals surface area contributed by atoms with Crippen LogP contribution in [-0.4, -0.2) is 41.9 Å². The predicted octanol–water partition coefficient (Wildman–Crippen LogP) is 1.67. The monoisotopic (exact) mass is 347 g/mol. The number of carbonyl (C=O) groups excluding carboxylic acids is 3. The topological polar surface area (TPSA) is 87.7 Å². The smallest absolute Gasteiger partial charge is 0.325 e. The fourth-order valence-corrected chi connectivity index (χ4v) is 2.99. The highest BCUT2D eigenvalue weighted by atomic mass is 16.5. The van der Waals surface area contributed by atoms with Gasteiger partial charge < -0.3 is 15.4 Å². The average molecular weight is 347 g/mol. The van der Waals surface area contributed by atoms with Crippen LogP contribution in [0.5, 0.6) is 5.75 Å². The van der Waals surface area contributed by atoms with Crippen LogP contribution < -0.4 is 15.4 Å². The lowest BCUT2D eigenvalue weighted by atomic mass is 9.91. The number of benzene rings is 1. The Kier molecular flexibility index (Phi) is 5.66. The first-order valence-electron chi connectivity index (χ1n) is 8.29. The summed E-state index contributed by atoms with van der Waals surface area (Å²) in [6.45, 7) is 5.69. The Labute approximate surface area is 147 Å². The number of amides is 4. The molecule has 2 N–H and O–H groups in total. The van der Waals surface area contributed by atoms with Gasteiger partial charge in [0.25, 0.3) is 5.91 Å². The van der Waals surface area contributed by atoms with E-state index in [1.807, 2.05) is 26.0 Å². The van der Waals surface area contributed by atoms with E-state index in [9.17, 15) is 14.4 Å². The van der Waals surface area contributed by atoms with Crippen molar-refractivity contribution in [3.05, 3.63) is 29.8 Å². The first-order valence-corrected chi connectivity index (χ1v) is 8.29. The molecule has 7 heteroatoms. The SMILES string of the molecule is COc1ccc(CNC(=O)CN2C(=O)N[C@](C)(CC(C)C)C2=O)cc1. The van der Waals surface area contributed by atoms with E-state index in [1.54, 1.807) is 26.2 Å². The molecule has 136 valence electrons. The normalized spacial score (nSPS) is 20.0. The van der Waals surface area contributed by atoms with Crippen LogP contribution in [0.25, 0.3) is 0 Å². The van der Waals surface area contributed by atoms with Gasteiger partial charge in [-0.2, -0.15) is 0 Å². The van der Waals surface area contributed by atoms with Gasteiger partial charge in [0.1, 0.15) is 17.8 Å². The molecular weight excluding hydrogens is 322 g/mol. The highest BCUT2D eigenvalue weighted by molar-refractivity contribution is 6.08. The van der Waals surface area contributed by atoms with Crippen LogP contribution >= 0.6 is 0 Å². The third-order valence-electron chi connectivity index (χ3n) is 4.11. The zero-order valence-electron chi connectivity index (χ0n) is 15.1.